The van der Waals surface area contributed by atoms with Gasteiger partial charge in [-0.25, -0.2) is 4.79 Å². The average Bonchev–Trinajstić information content (AvgIpc) is 2.33. The second kappa shape index (κ2) is 7.29. The number of hydrogen-bond acceptors (Lipinski definition) is 3. The maximum Gasteiger partial charge on any atom is 0.344 e. The van der Waals surface area contributed by atoms with E-state index in [-0.39, 0.29) is 13.2 Å². The van der Waals surface area contributed by atoms with Gasteiger partial charge in [-0.15, -0.1) is 0 Å². The minimum Gasteiger partial charge on any atom is -0.490 e. The van der Waals surface area contributed by atoms with Crippen LogP contribution < -0.4 is 0 Å². The lowest BCUT2D eigenvalue weighted by atomic mass is 10.2. The average molecular weight is 218 g/mol. The molecule has 84 valence electrons. The number of carbonyl (C=O) groups excluding carboxylic acids is 1. The molecule has 0 spiro atoms. The Balaban J connectivity index is 2.22. The summed E-state index contributed by atoms with van der Waals surface area (Å²) in [4.78, 5) is 11.0. The van der Waals surface area contributed by atoms with Gasteiger partial charge in [0, 0.05) is 0 Å². The fraction of sp³-hybridized carbons (Fsp3) is 0.154. The molecule has 0 aromatic heterocycles. The van der Waals surface area contributed by atoms with Gasteiger partial charge < -0.3 is 9.47 Å². The summed E-state index contributed by atoms with van der Waals surface area (Å²) in [7, 11) is 0. The highest BCUT2D eigenvalue weighted by molar-refractivity contribution is 5.71. The normalized spacial score (nSPS) is 10.0. The Kier molecular flexibility index (Phi) is 5.48. The summed E-state index contributed by atoms with van der Waals surface area (Å²) in [6.07, 6.45) is 4.88. The second-order valence-electron chi connectivity index (χ2n) is 2.97. The van der Waals surface area contributed by atoms with E-state index in [1.807, 2.05) is 36.4 Å². The summed E-state index contributed by atoms with van der Waals surface area (Å²) in [5.74, 6) is -0.405. The molecule has 0 heterocycles. The molecule has 3 heteroatoms. The smallest absolute Gasteiger partial charge is 0.344 e. The Morgan fingerprint density at radius 1 is 1.31 bits per heavy atom. The van der Waals surface area contributed by atoms with E-state index in [2.05, 4.69) is 11.3 Å². The van der Waals surface area contributed by atoms with E-state index in [0.29, 0.717) is 0 Å². The second-order valence-corrected chi connectivity index (χ2v) is 2.97. The van der Waals surface area contributed by atoms with Crippen molar-refractivity contribution in [1.82, 2.24) is 0 Å². The van der Waals surface area contributed by atoms with Crippen molar-refractivity contribution in [3.8, 4) is 0 Å². The number of hydrogen-bond donors (Lipinski definition) is 0. The third kappa shape index (κ3) is 5.00. The van der Waals surface area contributed by atoms with Crippen molar-refractivity contribution < 1.29 is 14.3 Å². The van der Waals surface area contributed by atoms with Crippen LogP contribution in [-0.4, -0.2) is 19.2 Å². The highest BCUT2D eigenvalue weighted by Crippen LogP contribution is 2.00. The summed E-state index contributed by atoms with van der Waals surface area (Å²) in [5, 5.41) is 0. The predicted molar refractivity (Wildman–Crippen MR) is 62.6 cm³/mol. The molecule has 16 heavy (non-hydrogen) atoms. The van der Waals surface area contributed by atoms with Gasteiger partial charge in [-0.1, -0.05) is 43.0 Å². The van der Waals surface area contributed by atoms with Gasteiger partial charge in [-0.05, 0) is 11.6 Å². The maximum absolute atomic E-state index is 11.0. The van der Waals surface area contributed by atoms with E-state index < -0.39 is 5.97 Å². The minimum absolute atomic E-state index is 0.0946. The standard InChI is InChI=1S/C13H14O3/c1-2-15-11-13(14)16-10-6-9-12-7-4-3-5-8-12/h2-9H,1,10-11H2/b9-6+. The fourth-order valence-corrected chi connectivity index (χ4v) is 1.06. The van der Waals surface area contributed by atoms with Gasteiger partial charge in [-0.2, -0.15) is 0 Å². The molecule has 0 saturated carbocycles. The molecule has 0 saturated heterocycles. The summed E-state index contributed by atoms with van der Waals surface area (Å²) in [6, 6.07) is 9.79. The van der Waals surface area contributed by atoms with E-state index in [4.69, 9.17) is 4.74 Å². The van der Waals surface area contributed by atoms with E-state index >= 15 is 0 Å². The van der Waals surface area contributed by atoms with Crippen LogP contribution in [0.1, 0.15) is 5.56 Å². The minimum atomic E-state index is -0.405. The number of carbonyl (C=O) groups is 1. The number of benzene rings is 1. The molecule has 0 aliphatic rings. The molecule has 0 amide bonds. The van der Waals surface area contributed by atoms with Gasteiger partial charge in [0.25, 0.3) is 0 Å². The molecule has 1 aromatic carbocycles. The van der Waals surface area contributed by atoms with Crippen molar-refractivity contribution in [3.63, 3.8) is 0 Å². The molecule has 0 unspecified atom stereocenters. The zero-order valence-electron chi connectivity index (χ0n) is 8.96. The Labute approximate surface area is 95.0 Å². The SMILES string of the molecule is C=COCC(=O)OC/C=C/c1ccccc1. The molecule has 3 nitrogen and oxygen atoms in total. The topological polar surface area (TPSA) is 35.5 Å². The van der Waals surface area contributed by atoms with Crippen LogP contribution in [0.4, 0.5) is 0 Å². The molecule has 0 aliphatic carbocycles. The predicted octanol–water partition coefficient (Wildman–Crippen LogP) is 2.40. The third-order valence-corrected chi connectivity index (χ3v) is 1.77. The van der Waals surface area contributed by atoms with Gasteiger partial charge in [0.05, 0.1) is 6.26 Å². The Hall–Kier alpha value is -2.03. The monoisotopic (exact) mass is 218 g/mol. The van der Waals surface area contributed by atoms with Crippen LogP contribution in [-0.2, 0) is 14.3 Å². The third-order valence-electron chi connectivity index (χ3n) is 1.77. The molecule has 1 rings (SSSR count). The zero-order chi connectivity index (χ0) is 11.6. The van der Waals surface area contributed by atoms with Crippen LogP contribution in [0, 0.1) is 0 Å². The molecule has 0 bridgehead atoms. The van der Waals surface area contributed by atoms with Crippen molar-refractivity contribution in [2.75, 3.05) is 13.2 Å². The van der Waals surface area contributed by atoms with Crippen LogP contribution in [0.15, 0.2) is 49.2 Å². The summed E-state index contributed by atoms with van der Waals surface area (Å²) in [6.45, 7) is 3.47. The largest absolute Gasteiger partial charge is 0.490 e. The number of esters is 1. The van der Waals surface area contributed by atoms with Crippen LogP contribution >= 0.6 is 0 Å². The molecular formula is C13H14O3. The molecule has 0 radical (unpaired) electrons. The van der Waals surface area contributed by atoms with E-state index in [1.54, 1.807) is 6.08 Å². The summed E-state index contributed by atoms with van der Waals surface area (Å²) < 4.78 is 9.54. The van der Waals surface area contributed by atoms with Gasteiger partial charge in [0.2, 0.25) is 0 Å². The van der Waals surface area contributed by atoms with Crippen LogP contribution in [0.2, 0.25) is 0 Å². The van der Waals surface area contributed by atoms with Crippen LogP contribution in [0.25, 0.3) is 6.08 Å². The van der Waals surface area contributed by atoms with E-state index in [0.717, 1.165) is 5.56 Å². The molecule has 0 atom stereocenters. The Morgan fingerprint density at radius 2 is 2.06 bits per heavy atom. The summed E-state index contributed by atoms with van der Waals surface area (Å²) >= 11 is 0. The lowest BCUT2D eigenvalue weighted by Gasteiger charge is -2.00. The highest BCUT2D eigenvalue weighted by atomic mass is 16.6. The molecule has 1 aromatic rings. The van der Waals surface area contributed by atoms with E-state index in [1.165, 1.54) is 6.26 Å². The Bertz CT molecular complexity index is 355. The Morgan fingerprint density at radius 3 is 2.75 bits per heavy atom. The number of rotatable bonds is 6. The van der Waals surface area contributed by atoms with Gasteiger partial charge in [0.1, 0.15) is 6.61 Å². The zero-order valence-corrected chi connectivity index (χ0v) is 8.96. The molecular weight excluding hydrogens is 204 g/mol. The van der Waals surface area contributed by atoms with Gasteiger partial charge in [0.15, 0.2) is 6.61 Å². The van der Waals surface area contributed by atoms with E-state index in [9.17, 15) is 4.79 Å². The van der Waals surface area contributed by atoms with Crippen molar-refractivity contribution in [2.24, 2.45) is 0 Å². The van der Waals surface area contributed by atoms with Crippen molar-refractivity contribution >= 4 is 12.0 Å². The van der Waals surface area contributed by atoms with Crippen LogP contribution in [0.3, 0.4) is 0 Å². The lowest BCUT2D eigenvalue weighted by Crippen LogP contribution is -2.10. The van der Waals surface area contributed by atoms with Gasteiger partial charge in [-0.3, -0.25) is 0 Å². The maximum atomic E-state index is 11.0. The fourth-order valence-electron chi connectivity index (χ4n) is 1.06. The molecule has 0 N–H and O–H groups in total. The van der Waals surface area contributed by atoms with Crippen molar-refractivity contribution in [2.45, 2.75) is 0 Å². The van der Waals surface area contributed by atoms with Crippen LogP contribution in [0.5, 0.6) is 0 Å². The van der Waals surface area contributed by atoms with Crippen molar-refractivity contribution in [3.05, 3.63) is 54.8 Å². The first-order valence-corrected chi connectivity index (χ1v) is 4.92. The first-order valence-electron chi connectivity index (χ1n) is 4.92. The van der Waals surface area contributed by atoms with Gasteiger partial charge >= 0.3 is 5.97 Å². The molecule has 0 aliphatic heterocycles. The lowest BCUT2D eigenvalue weighted by molar-refractivity contribution is -0.145. The number of ether oxygens (including phenoxy) is 2. The summed E-state index contributed by atoms with van der Waals surface area (Å²) in [5.41, 5.74) is 1.07. The van der Waals surface area contributed by atoms with Crippen molar-refractivity contribution in [1.29, 1.82) is 0 Å². The first kappa shape index (κ1) is 12.0. The first-order chi connectivity index (χ1) is 7.83. The quantitative estimate of drug-likeness (QED) is 0.543. The highest BCUT2D eigenvalue weighted by Gasteiger charge is 1.98. The molecule has 0 fully saturated rings.